The van der Waals surface area contributed by atoms with Crippen molar-refractivity contribution < 1.29 is 24.2 Å². The number of nitrogens with one attached hydrogen (secondary N) is 1. The number of aromatic nitrogens is 2. The summed E-state index contributed by atoms with van der Waals surface area (Å²) in [5.41, 5.74) is -0.339. The number of aliphatic hydroxyl groups is 1. The summed E-state index contributed by atoms with van der Waals surface area (Å²) < 4.78 is 11.4. The number of allylic oxidation sites excluding steroid dienone is 1. The third-order valence-electron chi connectivity index (χ3n) is 4.90. The van der Waals surface area contributed by atoms with Crippen LogP contribution in [0.2, 0.25) is 5.02 Å². The van der Waals surface area contributed by atoms with Crippen molar-refractivity contribution in [3.8, 4) is 22.8 Å². The third kappa shape index (κ3) is 2.03. The maximum Gasteiger partial charge on any atom is 0.230 e. The normalized spacial score (nSPS) is 24.4. The van der Waals surface area contributed by atoms with Gasteiger partial charge < -0.3 is 14.6 Å². The van der Waals surface area contributed by atoms with Crippen molar-refractivity contribution in [2.24, 2.45) is 5.92 Å². The van der Waals surface area contributed by atoms with Gasteiger partial charge in [-0.15, -0.1) is 0 Å². The Morgan fingerprint density at radius 2 is 2.23 bits per heavy atom. The summed E-state index contributed by atoms with van der Waals surface area (Å²) >= 11 is 6.52. The fourth-order valence-electron chi connectivity index (χ4n) is 3.59. The van der Waals surface area contributed by atoms with Gasteiger partial charge in [-0.3, -0.25) is 14.7 Å². The number of aliphatic hydroxyl groups excluding tert-OH is 1. The maximum absolute atomic E-state index is 13.2. The smallest absolute Gasteiger partial charge is 0.230 e. The van der Waals surface area contributed by atoms with E-state index in [1.165, 1.54) is 7.11 Å². The lowest BCUT2D eigenvalue weighted by atomic mass is 9.75. The van der Waals surface area contributed by atoms with Crippen LogP contribution in [0.25, 0.3) is 11.3 Å². The van der Waals surface area contributed by atoms with Gasteiger partial charge in [0.05, 0.1) is 17.8 Å². The van der Waals surface area contributed by atoms with Crippen molar-refractivity contribution in [1.29, 1.82) is 0 Å². The highest BCUT2D eigenvalue weighted by Crippen LogP contribution is 2.53. The lowest BCUT2D eigenvalue weighted by Gasteiger charge is -2.34. The van der Waals surface area contributed by atoms with E-state index in [0.717, 1.165) is 6.08 Å². The molecule has 0 radical (unpaired) electrons. The number of carbonyl (C=O) groups excluding carboxylic acids is 2. The van der Waals surface area contributed by atoms with Crippen LogP contribution in [0.15, 0.2) is 30.2 Å². The minimum absolute atomic E-state index is 0.0805. The molecule has 1 aliphatic carbocycles. The molecule has 0 saturated heterocycles. The maximum atomic E-state index is 13.2. The monoisotopic (exact) mass is 374 g/mol. The van der Waals surface area contributed by atoms with Crippen LogP contribution in [0.4, 0.5) is 0 Å². The van der Waals surface area contributed by atoms with Crippen molar-refractivity contribution in [3.63, 3.8) is 0 Å². The Hall–Kier alpha value is -2.80. The molecule has 7 nitrogen and oxygen atoms in total. The SMILES string of the molecule is COc1cc(-c2ccn[nH]2)c(Cl)c2c1C(=O)[C@@]1(O2)C(O)=CC(=O)C[C@H]1C. The molecule has 1 aromatic carbocycles. The molecule has 2 N–H and O–H groups in total. The first kappa shape index (κ1) is 16.7. The molecule has 2 atom stereocenters. The molecule has 0 fully saturated rings. The molecule has 1 spiro atoms. The van der Waals surface area contributed by atoms with Crippen LogP contribution in [0.5, 0.6) is 11.5 Å². The molecular formula is C18H15ClN2O5. The number of hydrogen-bond acceptors (Lipinski definition) is 6. The summed E-state index contributed by atoms with van der Waals surface area (Å²) in [5, 5.41) is 17.4. The number of aromatic amines is 1. The fraction of sp³-hybridized carbons (Fsp3) is 0.278. The van der Waals surface area contributed by atoms with Crippen LogP contribution in [0, 0.1) is 5.92 Å². The third-order valence-corrected chi connectivity index (χ3v) is 5.28. The minimum Gasteiger partial charge on any atom is -0.507 e. The van der Waals surface area contributed by atoms with Crippen LogP contribution in [-0.4, -0.2) is 39.6 Å². The number of nitrogens with zero attached hydrogens (tertiary/aromatic N) is 1. The number of halogens is 1. The quantitative estimate of drug-likeness (QED) is 0.837. The molecule has 0 unspecified atom stereocenters. The van der Waals surface area contributed by atoms with Crippen molar-refractivity contribution in [3.05, 3.63) is 40.8 Å². The van der Waals surface area contributed by atoms with Gasteiger partial charge in [0.25, 0.3) is 0 Å². The van der Waals surface area contributed by atoms with Gasteiger partial charge >= 0.3 is 0 Å². The molecule has 8 heteroatoms. The van der Waals surface area contributed by atoms with E-state index in [9.17, 15) is 14.7 Å². The summed E-state index contributed by atoms with van der Waals surface area (Å²) in [6, 6.07) is 3.34. The number of rotatable bonds is 2. The zero-order valence-corrected chi connectivity index (χ0v) is 14.8. The Bertz CT molecular complexity index is 966. The Kier molecular flexibility index (Phi) is 3.59. The highest BCUT2D eigenvalue weighted by atomic mass is 35.5. The molecular weight excluding hydrogens is 360 g/mol. The molecule has 0 bridgehead atoms. The second-order valence-electron chi connectivity index (χ2n) is 6.38. The zero-order valence-electron chi connectivity index (χ0n) is 14.0. The van der Waals surface area contributed by atoms with Crippen molar-refractivity contribution >= 4 is 23.2 Å². The van der Waals surface area contributed by atoms with Gasteiger partial charge in [0.2, 0.25) is 11.4 Å². The van der Waals surface area contributed by atoms with Crippen LogP contribution in [-0.2, 0) is 4.79 Å². The number of carbonyl (C=O) groups is 2. The summed E-state index contributed by atoms with van der Waals surface area (Å²) in [4.78, 5) is 25.0. The predicted octanol–water partition coefficient (Wildman–Crippen LogP) is 3.10. The second-order valence-corrected chi connectivity index (χ2v) is 6.76. The standard InChI is InChI=1S/C18H15ClN2O5/c1-8-5-9(22)6-13(23)18(8)17(24)14-12(25-2)7-10(11-3-4-20-21-11)15(19)16(14)26-18/h3-4,6-8,23H,5H2,1-2H3,(H,20,21)/t8-,18+/m1/s1. The van der Waals surface area contributed by atoms with E-state index in [2.05, 4.69) is 10.2 Å². The first-order chi connectivity index (χ1) is 12.4. The molecule has 0 amide bonds. The Balaban J connectivity index is 1.96. The van der Waals surface area contributed by atoms with Gasteiger partial charge in [0, 0.05) is 30.2 Å². The van der Waals surface area contributed by atoms with E-state index in [1.54, 1.807) is 25.3 Å². The van der Waals surface area contributed by atoms with Crippen LogP contribution in [0.3, 0.4) is 0 Å². The molecule has 2 aromatic rings. The molecule has 2 aliphatic rings. The van der Waals surface area contributed by atoms with Crippen molar-refractivity contribution in [1.82, 2.24) is 10.2 Å². The van der Waals surface area contributed by atoms with Crippen LogP contribution >= 0.6 is 11.6 Å². The Labute approximate surface area is 153 Å². The molecule has 1 aromatic heterocycles. The number of methoxy groups -OCH3 is 1. The van der Waals surface area contributed by atoms with Gasteiger partial charge in [0.1, 0.15) is 17.1 Å². The predicted molar refractivity (Wildman–Crippen MR) is 92.8 cm³/mol. The van der Waals surface area contributed by atoms with Crippen molar-refractivity contribution in [2.75, 3.05) is 7.11 Å². The fourth-order valence-corrected chi connectivity index (χ4v) is 3.88. The minimum atomic E-state index is -1.67. The molecule has 4 rings (SSSR count). The number of Topliss-reactive ketones (excluding diaryl/α,β-unsaturated/α-hetero) is 1. The zero-order chi connectivity index (χ0) is 18.6. The van der Waals surface area contributed by atoms with E-state index < -0.39 is 23.1 Å². The molecule has 2 heterocycles. The average Bonchev–Trinajstić information content (AvgIpc) is 3.22. The number of ether oxygens (including phenoxy) is 2. The van der Waals surface area contributed by atoms with E-state index in [0.29, 0.717) is 11.3 Å². The highest BCUT2D eigenvalue weighted by molar-refractivity contribution is 6.36. The summed E-state index contributed by atoms with van der Waals surface area (Å²) in [6.45, 7) is 1.68. The highest BCUT2D eigenvalue weighted by Gasteiger charge is 2.59. The topological polar surface area (TPSA) is 102 Å². The Morgan fingerprint density at radius 3 is 2.85 bits per heavy atom. The number of hydrogen-bond donors (Lipinski definition) is 2. The Morgan fingerprint density at radius 1 is 1.46 bits per heavy atom. The molecule has 134 valence electrons. The molecule has 1 aliphatic heterocycles. The van der Waals surface area contributed by atoms with Gasteiger partial charge in [-0.25, -0.2) is 0 Å². The first-order valence-electron chi connectivity index (χ1n) is 7.98. The number of ketones is 2. The largest absolute Gasteiger partial charge is 0.507 e. The summed E-state index contributed by atoms with van der Waals surface area (Å²) in [7, 11) is 1.43. The van der Waals surface area contributed by atoms with E-state index in [1.807, 2.05) is 0 Å². The van der Waals surface area contributed by atoms with E-state index >= 15 is 0 Å². The lowest BCUT2D eigenvalue weighted by molar-refractivity contribution is -0.118. The van der Waals surface area contributed by atoms with Gasteiger partial charge in [-0.2, -0.15) is 5.10 Å². The summed E-state index contributed by atoms with van der Waals surface area (Å²) in [6.07, 6.45) is 2.69. The number of H-pyrrole nitrogens is 1. The average molecular weight is 375 g/mol. The van der Waals surface area contributed by atoms with E-state index in [-0.39, 0.29) is 34.3 Å². The van der Waals surface area contributed by atoms with Gasteiger partial charge in [-0.05, 0) is 12.1 Å². The van der Waals surface area contributed by atoms with E-state index in [4.69, 9.17) is 21.1 Å². The van der Waals surface area contributed by atoms with Gasteiger partial charge in [-0.1, -0.05) is 18.5 Å². The lowest BCUT2D eigenvalue weighted by Crippen LogP contribution is -2.51. The number of fused-ring (bicyclic) bond motifs is 1. The van der Waals surface area contributed by atoms with Crippen molar-refractivity contribution in [2.45, 2.75) is 18.9 Å². The first-order valence-corrected chi connectivity index (χ1v) is 8.36. The van der Waals surface area contributed by atoms with Gasteiger partial charge in [0.15, 0.2) is 11.5 Å². The van der Waals surface area contributed by atoms with Crippen LogP contribution in [0.1, 0.15) is 23.7 Å². The molecule has 0 saturated carbocycles. The molecule has 26 heavy (non-hydrogen) atoms. The second kappa shape index (κ2) is 5.60. The summed E-state index contributed by atoms with van der Waals surface area (Å²) in [5.74, 6) is -1.31. The number of benzene rings is 1. The van der Waals surface area contributed by atoms with Crippen LogP contribution < -0.4 is 9.47 Å².